The van der Waals surface area contributed by atoms with Crippen LogP contribution < -0.4 is 10.7 Å². The van der Waals surface area contributed by atoms with E-state index in [4.69, 9.17) is 11.6 Å². The number of hydrogen-bond acceptors (Lipinski definition) is 3. The first-order valence-corrected chi connectivity index (χ1v) is 8.43. The molecule has 0 aliphatic rings. The van der Waals surface area contributed by atoms with Crippen molar-refractivity contribution in [3.8, 4) is 0 Å². The second kappa shape index (κ2) is 8.00. The van der Waals surface area contributed by atoms with Gasteiger partial charge in [0.15, 0.2) is 5.84 Å². The van der Waals surface area contributed by atoms with E-state index in [1.807, 2.05) is 0 Å². The summed E-state index contributed by atoms with van der Waals surface area (Å²) in [6.45, 7) is 5.23. The number of ketones is 1. The Balaban J connectivity index is 2.24. The lowest BCUT2D eigenvalue weighted by atomic mass is 9.90. The normalized spacial score (nSPS) is 12.6. The van der Waals surface area contributed by atoms with Gasteiger partial charge in [-0.2, -0.15) is 18.3 Å². The topological polar surface area (TPSA) is 53.5 Å². The number of nitrogens with zero attached hydrogens (tertiary/aromatic N) is 1. The number of benzene rings is 2. The van der Waals surface area contributed by atoms with Crippen LogP contribution in [0.1, 0.15) is 26.3 Å². The van der Waals surface area contributed by atoms with E-state index in [-0.39, 0.29) is 11.6 Å². The molecule has 2 rings (SSSR count). The Bertz CT molecular complexity index is 823. The molecule has 0 aliphatic carbocycles. The standard InChI is InChI=1S/C19H19ClF3N3O/c1-18(2,3)16(27)17(24-14-10-6-13(20)7-11-14)26-25-15-8-4-12(5-9-15)19(21,22)23/h4-11,25H,1-3H3,(H,24,26). The van der Waals surface area contributed by atoms with E-state index in [1.54, 1.807) is 45.0 Å². The summed E-state index contributed by atoms with van der Waals surface area (Å²) in [7, 11) is 0. The number of hydrazone groups is 1. The highest BCUT2D eigenvalue weighted by atomic mass is 35.5. The molecule has 0 aliphatic heterocycles. The van der Waals surface area contributed by atoms with Crippen molar-refractivity contribution < 1.29 is 18.0 Å². The second-order valence-corrected chi connectivity index (χ2v) is 7.29. The number of rotatable bonds is 4. The predicted octanol–water partition coefficient (Wildman–Crippen LogP) is 5.81. The lowest BCUT2D eigenvalue weighted by molar-refractivity contribution is -0.137. The molecule has 0 fully saturated rings. The zero-order valence-electron chi connectivity index (χ0n) is 15.0. The number of halogens is 4. The summed E-state index contributed by atoms with van der Waals surface area (Å²) in [5.74, 6) is -0.235. The van der Waals surface area contributed by atoms with Crippen molar-refractivity contribution in [2.75, 3.05) is 10.7 Å². The van der Waals surface area contributed by atoms with E-state index in [1.165, 1.54) is 12.1 Å². The molecule has 27 heavy (non-hydrogen) atoms. The number of amidine groups is 1. The Hall–Kier alpha value is -2.54. The molecule has 0 saturated carbocycles. The van der Waals surface area contributed by atoms with Crippen LogP contribution in [0.25, 0.3) is 0 Å². The third-order valence-corrected chi connectivity index (χ3v) is 3.76. The van der Waals surface area contributed by atoms with Crippen molar-refractivity contribution in [3.05, 3.63) is 59.1 Å². The monoisotopic (exact) mass is 397 g/mol. The fourth-order valence-corrected chi connectivity index (χ4v) is 2.14. The first-order valence-electron chi connectivity index (χ1n) is 8.05. The number of hydrogen-bond donors (Lipinski definition) is 2. The predicted molar refractivity (Wildman–Crippen MR) is 102 cm³/mol. The van der Waals surface area contributed by atoms with Crippen LogP contribution in [0, 0.1) is 5.41 Å². The van der Waals surface area contributed by atoms with E-state index < -0.39 is 17.2 Å². The summed E-state index contributed by atoms with van der Waals surface area (Å²) in [5, 5.41) is 7.52. The lowest BCUT2D eigenvalue weighted by Gasteiger charge is -2.19. The fourth-order valence-electron chi connectivity index (χ4n) is 2.01. The highest BCUT2D eigenvalue weighted by Gasteiger charge is 2.30. The Morgan fingerprint density at radius 2 is 1.44 bits per heavy atom. The van der Waals surface area contributed by atoms with Gasteiger partial charge in [0.05, 0.1) is 11.3 Å². The molecule has 0 radical (unpaired) electrons. The van der Waals surface area contributed by atoms with Gasteiger partial charge in [-0.1, -0.05) is 32.4 Å². The summed E-state index contributed by atoms with van der Waals surface area (Å²) >= 11 is 5.85. The van der Waals surface area contributed by atoms with Crippen LogP contribution in [-0.4, -0.2) is 11.6 Å². The van der Waals surface area contributed by atoms with E-state index in [0.717, 1.165) is 12.1 Å². The molecule has 0 spiro atoms. The SMILES string of the molecule is CC(C)(C)C(=O)/C(=N\Nc1ccc(C(F)(F)F)cc1)Nc1ccc(Cl)cc1. The van der Waals surface area contributed by atoms with Crippen molar-refractivity contribution >= 4 is 34.6 Å². The van der Waals surface area contributed by atoms with Gasteiger partial charge < -0.3 is 5.32 Å². The first-order chi connectivity index (χ1) is 12.5. The lowest BCUT2D eigenvalue weighted by Crippen LogP contribution is -2.34. The van der Waals surface area contributed by atoms with E-state index in [9.17, 15) is 18.0 Å². The highest BCUT2D eigenvalue weighted by molar-refractivity contribution is 6.44. The van der Waals surface area contributed by atoms with Crippen LogP contribution in [0.5, 0.6) is 0 Å². The molecule has 0 bridgehead atoms. The van der Waals surface area contributed by atoms with Crippen LogP contribution in [0.3, 0.4) is 0 Å². The van der Waals surface area contributed by atoms with Crippen LogP contribution >= 0.6 is 11.6 Å². The Kier molecular flexibility index (Phi) is 6.15. The van der Waals surface area contributed by atoms with Gasteiger partial charge in [-0.15, -0.1) is 0 Å². The molecule has 0 heterocycles. The molecular formula is C19H19ClF3N3O. The number of anilines is 2. The van der Waals surface area contributed by atoms with Gasteiger partial charge in [-0.3, -0.25) is 10.2 Å². The summed E-state index contributed by atoms with van der Waals surface area (Å²) in [4.78, 5) is 12.6. The molecule has 144 valence electrons. The van der Waals surface area contributed by atoms with E-state index >= 15 is 0 Å². The van der Waals surface area contributed by atoms with E-state index in [0.29, 0.717) is 16.4 Å². The number of Topliss-reactive ketones (excluding diaryl/α,β-unsaturated/α-hetero) is 1. The maximum Gasteiger partial charge on any atom is 0.416 e. The number of nitrogens with one attached hydrogen (secondary N) is 2. The summed E-state index contributed by atoms with van der Waals surface area (Å²) in [5.41, 5.74) is 2.07. The largest absolute Gasteiger partial charge is 0.416 e. The molecule has 0 aromatic heterocycles. The third kappa shape index (κ3) is 5.99. The molecule has 0 unspecified atom stereocenters. The minimum atomic E-state index is -4.41. The average Bonchev–Trinajstić information content (AvgIpc) is 2.58. The Labute approximate surface area is 160 Å². The van der Waals surface area contributed by atoms with Crippen LogP contribution in [0.2, 0.25) is 5.02 Å². The zero-order chi connectivity index (χ0) is 20.2. The molecule has 0 atom stereocenters. The Morgan fingerprint density at radius 3 is 1.93 bits per heavy atom. The van der Waals surface area contributed by atoms with Crippen molar-refractivity contribution in [3.63, 3.8) is 0 Å². The van der Waals surface area contributed by atoms with Gasteiger partial charge in [0, 0.05) is 16.1 Å². The van der Waals surface area contributed by atoms with Crippen molar-refractivity contribution in [2.45, 2.75) is 26.9 Å². The molecule has 4 nitrogen and oxygen atoms in total. The summed E-state index contributed by atoms with van der Waals surface area (Å²) in [6.07, 6.45) is -4.41. The van der Waals surface area contributed by atoms with Gasteiger partial charge in [-0.25, -0.2) is 0 Å². The Morgan fingerprint density at radius 1 is 0.926 bits per heavy atom. The molecule has 0 amide bonds. The maximum atomic E-state index is 12.6. The quantitative estimate of drug-likeness (QED) is 0.389. The molecule has 8 heteroatoms. The highest BCUT2D eigenvalue weighted by Crippen LogP contribution is 2.29. The molecule has 2 aromatic carbocycles. The molecule has 2 aromatic rings. The first kappa shape index (κ1) is 20.8. The second-order valence-electron chi connectivity index (χ2n) is 6.86. The van der Waals surface area contributed by atoms with Crippen molar-refractivity contribution in [2.24, 2.45) is 10.5 Å². The minimum Gasteiger partial charge on any atom is -0.336 e. The maximum absolute atomic E-state index is 12.6. The van der Waals surface area contributed by atoms with Crippen LogP contribution in [-0.2, 0) is 11.0 Å². The summed E-state index contributed by atoms with van der Waals surface area (Å²) in [6, 6.07) is 11.1. The number of carbonyl (C=O) groups excluding carboxylic acids is 1. The molecule has 0 saturated heterocycles. The molecular weight excluding hydrogens is 379 g/mol. The van der Waals surface area contributed by atoms with Crippen LogP contribution in [0.15, 0.2) is 53.6 Å². The van der Waals surface area contributed by atoms with Gasteiger partial charge in [-0.05, 0) is 48.5 Å². The van der Waals surface area contributed by atoms with Gasteiger partial charge in [0.2, 0.25) is 5.78 Å². The third-order valence-electron chi connectivity index (χ3n) is 3.51. The van der Waals surface area contributed by atoms with Crippen molar-refractivity contribution in [1.82, 2.24) is 0 Å². The average molecular weight is 398 g/mol. The number of carbonyl (C=O) groups is 1. The zero-order valence-corrected chi connectivity index (χ0v) is 15.7. The van der Waals surface area contributed by atoms with Crippen LogP contribution in [0.4, 0.5) is 24.5 Å². The minimum absolute atomic E-state index is 0.0321. The number of alkyl halides is 3. The summed E-state index contributed by atoms with van der Waals surface area (Å²) < 4.78 is 37.9. The molecule has 2 N–H and O–H groups in total. The van der Waals surface area contributed by atoms with Gasteiger partial charge >= 0.3 is 6.18 Å². The smallest absolute Gasteiger partial charge is 0.336 e. The van der Waals surface area contributed by atoms with Crippen molar-refractivity contribution in [1.29, 1.82) is 0 Å². The van der Waals surface area contributed by atoms with Gasteiger partial charge in [0.25, 0.3) is 0 Å². The van der Waals surface area contributed by atoms with Gasteiger partial charge in [0.1, 0.15) is 0 Å². The van der Waals surface area contributed by atoms with E-state index in [2.05, 4.69) is 15.8 Å². The fraction of sp³-hybridized carbons (Fsp3) is 0.263.